The summed E-state index contributed by atoms with van der Waals surface area (Å²) in [5.74, 6) is 1.28. The molecule has 0 fully saturated rings. The van der Waals surface area contributed by atoms with Crippen LogP contribution in [0.1, 0.15) is 94.0 Å². The van der Waals surface area contributed by atoms with E-state index in [1.165, 1.54) is 55.7 Å². The fraction of sp³-hybridized carbons (Fsp3) is 0.333. The smallest absolute Gasteiger partial charge is 0.0497 e. The predicted octanol–water partition coefficient (Wildman–Crippen LogP) is 9.14. The molecule has 0 bridgehead atoms. The van der Waals surface area contributed by atoms with Gasteiger partial charge in [-0.1, -0.05) is 106 Å². The van der Waals surface area contributed by atoms with Gasteiger partial charge in [0.05, 0.1) is 0 Å². The molecule has 168 valence electrons. The Labute approximate surface area is 200 Å². The van der Waals surface area contributed by atoms with Crippen LogP contribution in [0.4, 0.5) is 0 Å². The highest BCUT2D eigenvalue weighted by molar-refractivity contribution is 5.75. The minimum atomic E-state index is -0.217. The van der Waals surface area contributed by atoms with Gasteiger partial charge in [0, 0.05) is 11.3 Å². The van der Waals surface area contributed by atoms with Gasteiger partial charge in [0.25, 0.3) is 0 Å². The van der Waals surface area contributed by atoms with Crippen molar-refractivity contribution in [1.29, 1.82) is 0 Å². The van der Waals surface area contributed by atoms with E-state index in [0.29, 0.717) is 17.8 Å². The van der Waals surface area contributed by atoms with Crippen molar-refractivity contribution in [2.45, 2.75) is 71.6 Å². The van der Waals surface area contributed by atoms with Crippen LogP contribution in [0.15, 0.2) is 94.6 Å². The van der Waals surface area contributed by atoms with Gasteiger partial charge in [-0.25, -0.2) is 0 Å². The van der Waals surface area contributed by atoms with Gasteiger partial charge < -0.3 is 0 Å². The molecule has 0 N–H and O–H groups in total. The fourth-order valence-corrected chi connectivity index (χ4v) is 6.10. The topological polar surface area (TPSA) is 0 Å². The fourth-order valence-electron chi connectivity index (χ4n) is 6.10. The Hall–Kier alpha value is -2.86. The quantitative estimate of drug-likeness (QED) is 0.452. The Balaban J connectivity index is 1.84. The molecule has 1 unspecified atom stereocenters. The molecule has 0 saturated carbocycles. The lowest BCUT2D eigenvalue weighted by Gasteiger charge is -2.43. The van der Waals surface area contributed by atoms with Crippen molar-refractivity contribution in [3.63, 3.8) is 0 Å². The van der Waals surface area contributed by atoms with Crippen LogP contribution in [-0.4, -0.2) is 0 Å². The van der Waals surface area contributed by atoms with E-state index in [9.17, 15) is 0 Å². The molecule has 0 aliphatic heterocycles. The molecule has 5 rings (SSSR count). The second-order valence-corrected chi connectivity index (χ2v) is 10.8. The molecule has 0 amide bonds. The highest BCUT2D eigenvalue weighted by Gasteiger charge is 2.48. The number of hydrogen-bond acceptors (Lipinski definition) is 0. The van der Waals surface area contributed by atoms with E-state index in [-0.39, 0.29) is 5.41 Å². The van der Waals surface area contributed by atoms with Crippen molar-refractivity contribution in [3.8, 4) is 0 Å². The average Bonchev–Trinajstić information content (AvgIpc) is 3.29. The maximum atomic E-state index is 2.50. The van der Waals surface area contributed by atoms with Crippen LogP contribution in [0.3, 0.4) is 0 Å². The molecule has 0 radical (unpaired) electrons. The standard InChI is InChI=1S/C33H36/c1-20(2)26-17-27(21(3)4)19-28(18-26)33(14-10-13-29-24(7)22(5)16-31(29)33)32-23(6)15-25-11-8-9-12-30(25)32/h8-21,32H,1-7H3/t32-,33?/m1/s1. The van der Waals surface area contributed by atoms with Crippen LogP contribution in [0.25, 0.3) is 6.08 Å². The zero-order valence-electron chi connectivity index (χ0n) is 21.2. The minimum absolute atomic E-state index is 0.217. The summed E-state index contributed by atoms with van der Waals surface area (Å²) in [6.45, 7) is 16.1. The molecule has 0 aromatic heterocycles. The predicted molar refractivity (Wildman–Crippen MR) is 143 cm³/mol. The SMILES string of the molecule is CC1=Cc2ccccc2[C@@H]1C1(c2cc(C(C)C)cc(C(C)C)c2)C=CC=C2C1=CC(C)=C2C. The molecule has 3 aliphatic rings. The van der Waals surface area contributed by atoms with Crippen LogP contribution in [-0.2, 0) is 5.41 Å². The van der Waals surface area contributed by atoms with Crippen molar-refractivity contribution in [2.75, 3.05) is 0 Å². The third-order valence-corrected chi connectivity index (χ3v) is 8.10. The van der Waals surface area contributed by atoms with Gasteiger partial charge in [0.15, 0.2) is 0 Å². The minimum Gasteiger partial charge on any atom is -0.0686 e. The molecular weight excluding hydrogens is 396 g/mol. The van der Waals surface area contributed by atoms with Crippen LogP contribution in [0.5, 0.6) is 0 Å². The Morgan fingerprint density at radius 1 is 0.818 bits per heavy atom. The Kier molecular flexibility index (Phi) is 5.24. The molecular formula is C33H36. The maximum absolute atomic E-state index is 2.50. The van der Waals surface area contributed by atoms with Crippen LogP contribution >= 0.6 is 0 Å². The lowest BCUT2D eigenvalue weighted by molar-refractivity contribution is 0.546. The first kappa shape index (κ1) is 22.0. The summed E-state index contributed by atoms with van der Waals surface area (Å²) < 4.78 is 0. The van der Waals surface area contributed by atoms with Crippen molar-refractivity contribution >= 4 is 6.08 Å². The lowest BCUT2D eigenvalue weighted by Crippen LogP contribution is -2.36. The van der Waals surface area contributed by atoms with E-state index >= 15 is 0 Å². The summed E-state index contributed by atoms with van der Waals surface area (Å²) in [7, 11) is 0. The zero-order chi connectivity index (χ0) is 23.5. The monoisotopic (exact) mass is 432 g/mol. The van der Waals surface area contributed by atoms with E-state index in [1.807, 2.05) is 0 Å². The summed E-state index contributed by atoms with van der Waals surface area (Å²) >= 11 is 0. The van der Waals surface area contributed by atoms with Crippen molar-refractivity contribution in [2.24, 2.45) is 0 Å². The molecule has 2 aromatic rings. The second kappa shape index (κ2) is 7.87. The largest absolute Gasteiger partial charge is 0.0686 e. The molecule has 0 saturated heterocycles. The second-order valence-electron chi connectivity index (χ2n) is 10.8. The van der Waals surface area contributed by atoms with Gasteiger partial charge in [-0.3, -0.25) is 0 Å². The van der Waals surface area contributed by atoms with E-state index < -0.39 is 0 Å². The number of rotatable bonds is 4. The van der Waals surface area contributed by atoms with Gasteiger partial charge >= 0.3 is 0 Å². The molecule has 2 atom stereocenters. The van der Waals surface area contributed by atoms with Crippen LogP contribution in [0, 0.1) is 0 Å². The molecule has 0 heteroatoms. The van der Waals surface area contributed by atoms with Gasteiger partial charge in [-0.05, 0) is 82.7 Å². The lowest BCUT2D eigenvalue weighted by atomic mass is 9.59. The van der Waals surface area contributed by atoms with Crippen molar-refractivity contribution < 1.29 is 0 Å². The van der Waals surface area contributed by atoms with E-state index in [4.69, 9.17) is 0 Å². The molecule has 0 spiro atoms. The normalized spacial score (nSPS) is 23.7. The first-order valence-corrected chi connectivity index (χ1v) is 12.5. The zero-order valence-corrected chi connectivity index (χ0v) is 21.2. The molecule has 2 aromatic carbocycles. The third-order valence-electron chi connectivity index (χ3n) is 8.10. The Bertz CT molecular complexity index is 1260. The highest BCUT2D eigenvalue weighted by Crippen LogP contribution is 2.58. The molecule has 0 heterocycles. The maximum Gasteiger partial charge on any atom is 0.0497 e. The van der Waals surface area contributed by atoms with Gasteiger partial charge in [-0.15, -0.1) is 0 Å². The molecule has 33 heavy (non-hydrogen) atoms. The van der Waals surface area contributed by atoms with Crippen molar-refractivity contribution in [1.82, 2.24) is 0 Å². The number of benzene rings is 2. The van der Waals surface area contributed by atoms with E-state index in [2.05, 4.69) is 121 Å². The number of fused-ring (bicyclic) bond motifs is 2. The van der Waals surface area contributed by atoms with E-state index in [1.54, 1.807) is 0 Å². The number of allylic oxidation sites excluding steroid dienone is 9. The highest BCUT2D eigenvalue weighted by atomic mass is 14.5. The van der Waals surface area contributed by atoms with Crippen LogP contribution < -0.4 is 0 Å². The summed E-state index contributed by atoms with van der Waals surface area (Å²) in [6.07, 6.45) is 12.0. The summed E-state index contributed by atoms with van der Waals surface area (Å²) in [5.41, 5.74) is 14.0. The van der Waals surface area contributed by atoms with Gasteiger partial charge in [0.2, 0.25) is 0 Å². The van der Waals surface area contributed by atoms with Gasteiger partial charge in [0.1, 0.15) is 0 Å². The molecule has 0 nitrogen and oxygen atoms in total. The first-order valence-electron chi connectivity index (χ1n) is 12.5. The summed E-state index contributed by atoms with van der Waals surface area (Å²) in [4.78, 5) is 0. The van der Waals surface area contributed by atoms with Crippen LogP contribution in [0.2, 0.25) is 0 Å². The third kappa shape index (κ3) is 3.26. The first-order chi connectivity index (χ1) is 15.7. The van der Waals surface area contributed by atoms with Crippen molar-refractivity contribution in [3.05, 3.63) is 122 Å². The number of hydrogen-bond donors (Lipinski definition) is 0. The molecule has 3 aliphatic carbocycles. The average molecular weight is 433 g/mol. The van der Waals surface area contributed by atoms with Gasteiger partial charge in [-0.2, -0.15) is 0 Å². The summed E-state index contributed by atoms with van der Waals surface area (Å²) in [6, 6.07) is 16.4. The summed E-state index contributed by atoms with van der Waals surface area (Å²) in [5, 5.41) is 0. The Morgan fingerprint density at radius 2 is 1.48 bits per heavy atom. The Morgan fingerprint density at radius 3 is 2.15 bits per heavy atom. The van der Waals surface area contributed by atoms with E-state index in [0.717, 1.165) is 0 Å².